The van der Waals surface area contributed by atoms with E-state index in [9.17, 15) is 4.79 Å². The van der Waals surface area contributed by atoms with Crippen molar-refractivity contribution in [3.8, 4) is 0 Å². The summed E-state index contributed by atoms with van der Waals surface area (Å²) in [5, 5.41) is 0.738. The number of carbonyl (C=O) groups is 1. The topological polar surface area (TPSA) is 25.2 Å². The molecule has 27 heavy (non-hydrogen) atoms. The van der Waals surface area contributed by atoms with Gasteiger partial charge in [-0.15, -0.1) is 0 Å². The lowest BCUT2D eigenvalue weighted by molar-refractivity contribution is 0.0667. The molecule has 0 saturated heterocycles. The molecule has 0 spiro atoms. The zero-order valence-corrected chi connectivity index (χ0v) is 16.6. The second kappa shape index (κ2) is 8.92. The molecule has 0 saturated carbocycles. The minimum atomic E-state index is 0.0699. The molecule has 0 aliphatic heterocycles. The van der Waals surface area contributed by atoms with Gasteiger partial charge in [0.15, 0.2) is 0 Å². The number of amides is 1. The maximum Gasteiger partial charge on any atom is 0.254 e. The van der Waals surface area contributed by atoms with E-state index in [1.54, 1.807) is 0 Å². The van der Waals surface area contributed by atoms with Crippen LogP contribution in [-0.4, -0.2) is 21.4 Å². The zero-order valence-electron chi connectivity index (χ0n) is 15.8. The van der Waals surface area contributed by atoms with Crippen LogP contribution in [0.5, 0.6) is 0 Å². The Hall–Kier alpha value is -2.52. The summed E-state index contributed by atoms with van der Waals surface area (Å²) in [4.78, 5) is 15.0. The smallest absolute Gasteiger partial charge is 0.254 e. The Morgan fingerprint density at radius 2 is 1.85 bits per heavy atom. The van der Waals surface area contributed by atoms with Crippen LogP contribution in [0.4, 0.5) is 0 Å². The number of aromatic nitrogens is 1. The Morgan fingerprint density at radius 1 is 1.07 bits per heavy atom. The molecule has 0 aliphatic carbocycles. The molecule has 0 fully saturated rings. The second-order valence-electron chi connectivity index (χ2n) is 6.81. The average molecular weight is 381 g/mol. The van der Waals surface area contributed by atoms with Gasteiger partial charge in [0.25, 0.3) is 5.91 Å². The second-order valence-corrected chi connectivity index (χ2v) is 7.25. The highest BCUT2D eigenvalue weighted by Crippen LogP contribution is 2.18. The lowest BCUT2D eigenvalue weighted by Crippen LogP contribution is -2.38. The van der Waals surface area contributed by atoms with Crippen molar-refractivity contribution in [3.63, 3.8) is 0 Å². The van der Waals surface area contributed by atoms with Gasteiger partial charge in [-0.1, -0.05) is 48.9 Å². The minimum absolute atomic E-state index is 0.0699. The molecule has 3 rings (SSSR count). The van der Waals surface area contributed by atoms with Gasteiger partial charge >= 0.3 is 0 Å². The van der Waals surface area contributed by atoms with Gasteiger partial charge < -0.3 is 9.47 Å². The highest BCUT2D eigenvalue weighted by molar-refractivity contribution is 6.30. The number of rotatable bonds is 7. The van der Waals surface area contributed by atoms with Crippen molar-refractivity contribution in [2.24, 2.45) is 0 Å². The SMILES string of the molecule is CC[C@H](C)N(Cc1cccn1Cc1cccc(Cl)c1)C(=O)c1ccccc1. The standard InChI is InChI=1S/C23H25ClN2O/c1-3-18(2)26(23(27)20-10-5-4-6-11-20)17-22-13-8-14-25(22)16-19-9-7-12-21(24)15-19/h4-15,18H,3,16-17H2,1-2H3/t18-/m0/s1. The summed E-state index contributed by atoms with van der Waals surface area (Å²) in [6.45, 7) is 5.53. The average Bonchev–Trinajstić information content (AvgIpc) is 3.12. The van der Waals surface area contributed by atoms with Crippen LogP contribution in [0.15, 0.2) is 72.9 Å². The Labute approximate surface area is 166 Å². The molecule has 1 heterocycles. The molecule has 1 aromatic heterocycles. The number of nitrogens with zero attached hydrogens (tertiary/aromatic N) is 2. The fraction of sp³-hybridized carbons (Fsp3) is 0.261. The molecule has 0 radical (unpaired) electrons. The third-order valence-electron chi connectivity index (χ3n) is 4.90. The van der Waals surface area contributed by atoms with Crippen LogP contribution in [0, 0.1) is 0 Å². The highest BCUT2D eigenvalue weighted by Gasteiger charge is 2.21. The van der Waals surface area contributed by atoms with Gasteiger partial charge in [0.1, 0.15) is 0 Å². The molecule has 3 nitrogen and oxygen atoms in total. The Balaban J connectivity index is 1.83. The van der Waals surface area contributed by atoms with Crippen LogP contribution in [0.3, 0.4) is 0 Å². The predicted octanol–water partition coefficient (Wildman–Crippen LogP) is 5.63. The van der Waals surface area contributed by atoms with Crippen LogP contribution in [-0.2, 0) is 13.1 Å². The maximum absolute atomic E-state index is 13.1. The summed E-state index contributed by atoms with van der Waals surface area (Å²) in [6.07, 6.45) is 2.96. The maximum atomic E-state index is 13.1. The fourth-order valence-electron chi connectivity index (χ4n) is 3.15. The number of halogens is 1. The number of hydrogen-bond acceptors (Lipinski definition) is 1. The Bertz CT molecular complexity index is 888. The summed E-state index contributed by atoms with van der Waals surface area (Å²) in [5.41, 5.74) is 2.98. The summed E-state index contributed by atoms with van der Waals surface area (Å²) in [5.74, 6) is 0.0699. The Kier molecular flexibility index (Phi) is 6.36. The predicted molar refractivity (Wildman–Crippen MR) is 111 cm³/mol. The fourth-order valence-corrected chi connectivity index (χ4v) is 3.36. The molecule has 140 valence electrons. The molecular weight excluding hydrogens is 356 g/mol. The van der Waals surface area contributed by atoms with Crippen LogP contribution in [0.2, 0.25) is 5.02 Å². The minimum Gasteiger partial charge on any atom is -0.345 e. The summed E-state index contributed by atoms with van der Waals surface area (Å²) < 4.78 is 2.18. The molecule has 0 aliphatic rings. The quantitative estimate of drug-likeness (QED) is 0.521. The van der Waals surface area contributed by atoms with Crippen LogP contribution in [0.1, 0.15) is 41.9 Å². The largest absolute Gasteiger partial charge is 0.345 e. The van der Waals surface area contributed by atoms with Crippen molar-refractivity contribution in [1.29, 1.82) is 0 Å². The van der Waals surface area contributed by atoms with Crippen LogP contribution in [0.25, 0.3) is 0 Å². The van der Waals surface area contributed by atoms with E-state index in [-0.39, 0.29) is 11.9 Å². The number of hydrogen-bond donors (Lipinski definition) is 0. The van der Waals surface area contributed by atoms with Gasteiger partial charge in [0.05, 0.1) is 6.54 Å². The zero-order chi connectivity index (χ0) is 19.2. The number of benzene rings is 2. The van der Waals surface area contributed by atoms with Gasteiger partial charge in [-0.05, 0) is 55.3 Å². The van der Waals surface area contributed by atoms with E-state index < -0.39 is 0 Å². The third-order valence-corrected chi connectivity index (χ3v) is 5.14. The van der Waals surface area contributed by atoms with E-state index in [0.717, 1.165) is 34.8 Å². The van der Waals surface area contributed by atoms with Gasteiger partial charge in [0.2, 0.25) is 0 Å². The van der Waals surface area contributed by atoms with E-state index in [0.29, 0.717) is 6.54 Å². The first-order chi connectivity index (χ1) is 13.1. The van der Waals surface area contributed by atoms with Crippen LogP contribution < -0.4 is 0 Å². The van der Waals surface area contributed by atoms with Gasteiger partial charge in [-0.25, -0.2) is 0 Å². The van der Waals surface area contributed by atoms with Crippen molar-refractivity contribution < 1.29 is 4.79 Å². The lowest BCUT2D eigenvalue weighted by Gasteiger charge is -2.29. The molecule has 3 aromatic rings. The summed E-state index contributed by atoms with van der Waals surface area (Å²) in [7, 11) is 0. The lowest BCUT2D eigenvalue weighted by atomic mass is 10.1. The highest BCUT2D eigenvalue weighted by atomic mass is 35.5. The van der Waals surface area contributed by atoms with Crippen molar-refractivity contribution in [3.05, 3.63) is 94.8 Å². The Morgan fingerprint density at radius 3 is 2.56 bits per heavy atom. The molecular formula is C23H25ClN2O. The van der Waals surface area contributed by atoms with Crippen molar-refractivity contribution in [1.82, 2.24) is 9.47 Å². The van der Waals surface area contributed by atoms with Gasteiger partial charge in [-0.3, -0.25) is 4.79 Å². The van der Waals surface area contributed by atoms with Crippen LogP contribution >= 0.6 is 11.6 Å². The van der Waals surface area contributed by atoms with Crippen molar-refractivity contribution in [2.75, 3.05) is 0 Å². The van der Waals surface area contributed by atoms with E-state index in [1.807, 2.05) is 59.5 Å². The van der Waals surface area contributed by atoms with Gasteiger partial charge in [-0.2, -0.15) is 0 Å². The van der Waals surface area contributed by atoms with E-state index >= 15 is 0 Å². The van der Waals surface area contributed by atoms with E-state index in [2.05, 4.69) is 36.7 Å². The summed E-state index contributed by atoms with van der Waals surface area (Å²) >= 11 is 6.12. The molecule has 1 amide bonds. The molecule has 2 aromatic carbocycles. The molecule has 1 atom stereocenters. The summed E-state index contributed by atoms with van der Waals surface area (Å²) in [6, 6.07) is 21.7. The van der Waals surface area contributed by atoms with E-state index in [1.165, 1.54) is 0 Å². The first-order valence-corrected chi connectivity index (χ1v) is 9.70. The molecule has 0 unspecified atom stereocenters. The van der Waals surface area contributed by atoms with Crippen molar-refractivity contribution in [2.45, 2.75) is 39.4 Å². The molecule has 0 bridgehead atoms. The first kappa shape index (κ1) is 19.2. The normalized spacial score (nSPS) is 12.0. The van der Waals surface area contributed by atoms with Gasteiger partial charge in [0, 0.05) is 35.1 Å². The monoisotopic (exact) mass is 380 g/mol. The first-order valence-electron chi connectivity index (χ1n) is 9.33. The number of carbonyl (C=O) groups excluding carboxylic acids is 1. The molecule has 4 heteroatoms. The molecule has 0 N–H and O–H groups in total. The van der Waals surface area contributed by atoms with E-state index in [4.69, 9.17) is 11.6 Å². The van der Waals surface area contributed by atoms with Crippen molar-refractivity contribution >= 4 is 17.5 Å². The third kappa shape index (κ3) is 4.81.